The Morgan fingerprint density at radius 3 is 2.56 bits per heavy atom. The summed E-state index contributed by atoms with van der Waals surface area (Å²) in [4.78, 5) is 2.26. The first kappa shape index (κ1) is 15.7. The lowest BCUT2D eigenvalue weighted by Gasteiger charge is -2.36. The lowest BCUT2D eigenvalue weighted by Crippen LogP contribution is -2.45. The zero-order valence-electron chi connectivity index (χ0n) is 12.1. The van der Waals surface area contributed by atoms with Crippen LogP contribution in [-0.4, -0.2) is 43.4 Å². The van der Waals surface area contributed by atoms with E-state index in [1.165, 1.54) is 32.1 Å². The van der Waals surface area contributed by atoms with Gasteiger partial charge in [-0.1, -0.05) is 13.3 Å². The first-order valence-electron chi connectivity index (χ1n) is 7.18. The Labute approximate surface area is 117 Å². The van der Waals surface area contributed by atoms with Gasteiger partial charge < -0.3 is 15.0 Å². The van der Waals surface area contributed by atoms with E-state index in [1.807, 2.05) is 0 Å². The second-order valence-corrected chi connectivity index (χ2v) is 5.66. The van der Waals surface area contributed by atoms with Crippen molar-refractivity contribution in [2.45, 2.75) is 51.5 Å². The molecule has 1 fully saturated rings. The van der Waals surface area contributed by atoms with Crippen LogP contribution in [0, 0.1) is 5.92 Å². The third-order valence-electron chi connectivity index (χ3n) is 4.06. The number of hydrogen-bond donors (Lipinski definition) is 1. The lowest BCUT2D eigenvalue weighted by molar-refractivity contribution is 0.194. The predicted octanol–water partition coefficient (Wildman–Crippen LogP) is 2.80. The molecule has 18 heavy (non-hydrogen) atoms. The summed E-state index contributed by atoms with van der Waals surface area (Å²) in [5.41, 5.74) is 0. The summed E-state index contributed by atoms with van der Waals surface area (Å²) in [7, 11) is 3.86. The predicted molar refractivity (Wildman–Crippen MR) is 80.9 cm³/mol. The van der Waals surface area contributed by atoms with Crippen molar-refractivity contribution in [1.29, 1.82) is 0 Å². The first-order chi connectivity index (χ1) is 8.69. The van der Waals surface area contributed by atoms with Gasteiger partial charge in [0.25, 0.3) is 0 Å². The van der Waals surface area contributed by atoms with Crippen molar-refractivity contribution in [3.63, 3.8) is 0 Å². The summed E-state index contributed by atoms with van der Waals surface area (Å²) in [6.45, 7) is 4.00. The Bertz CT molecular complexity index is 240. The maximum absolute atomic E-state index is 5.44. The third kappa shape index (κ3) is 5.11. The largest absolute Gasteiger partial charge is 0.385 e. The van der Waals surface area contributed by atoms with Crippen LogP contribution in [0.4, 0.5) is 0 Å². The molecular formula is C14H28N2OS. The van der Waals surface area contributed by atoms with Gasteiger partial charge in [0.1, 0.15) is 0 Å². The smallest absolute Gasteiger partial charge is 0.168 e. The van der Waals surface area contributed by atoms with E-state index in [4.69, 9.17) is 17.0 Å². The fourth-order valence-electron chi connectivity index (χ4n) is 2.64. The van der Waals surface area contributed by atoms with Crippen LogP contribution in [0.3, 0.4) is 0 Å². The molecular weight excluding hydrogens is 244 g/mol. The highest BCUT2D eigenvalue weighted by Gasteiger charge is 2.24. The Morgan fingerprint density at radius 2 is 2.00 bits per heavy atom. The van der Waals surface area contributed by atoms with E-state index in [0.29, 0.717) is 6.04 Å². The van der Waals surface area contributed by atoms with Gasteiger partial charge in [-0.05, 0) is 50.2 Å². The molecule has 0 unspecified atom stereocenters. The van der Waals surface area contributed by atoms with E-state index in [0.717, 1.165) is 30.6 Å². The minimum atomic E-state index is 0.634. The van der Waals surface area contributed by atoms with Crippen molar-refractivity contribution in [2.75, 3.05) is 27.3 Å². The molecule has 106 valence electrons. The average Bonchev–Trinajstić information content (AvgIpc) is 2.42. The highest BCUT2D eigenvalue weighted by Crippen LogP contribution is 2.28. The molecule has 0 aromatic heterocycles. The zero-order chi connectivity index (χ0) is 13.4. The van der Waals surface area contributed by atoms with Crippen LogP contribution in [0.15, 0.2) is 0 Å². The summed E-state index contributed by atoms with van der Waals surface area (Å²) in [5, 5.41) is 4.21. The molecule has 0 bridgehead atoms. The molecule has 4 heteroatoms. The fourth-order valence-corrected chi connectivity index (χ4v) is 2.89. The van der Waals surface area contributed by atoms with Crippen LogP contribution >= 0.6 is 12.2 Å². The molecule has 0 aromatic rings. The number of ether oxygens (including phenoxy) is 1. The van der Waals surface area contributed by atoms with Crippen LogP contribution in [0.25, 0.3) is 0 Å². The van der Waals surface area contributed by atoms with Crippen molar-refractivity contribution >= 4 is 17.3 Å². The van der Waals surface area contributed by atoms with Crippen LogP contribution in [0.1, 0.15) is 45.4 Å². The van der Waals surface area contributed by atoms with Gasteiger partial charge in [0.2, 0.25) is 0 Å². The van der Waals surface area contributed by atoms with Crippen LogP contribution in [0.5, 0.6) is 0 Å². The second-order valence-electron chi connectivity index (χ2n) is 5.27. The minimum absolute atomic E-state index is 0.634. The number of methoxy groups -OCH3 is 1. The monoisotopic (exact) mass is 272 g/mol. The molecule has 0 amide bonds. The van der Waals surface area contributed by atoms with Gasteiger partial charge in [-0.2, -0.15) is 0 Å². The number of thiocarbonyl (C=S) groups is 1. The lowest BCUT2D eigenvalue weighted by atomic mass is 9.84. The first-order valence-corrected chi connectivity index (χ1v) is 7.59. The Hall–Kier alpha value is -0.350. The molecule has 1 N–H and O–H groups in total. The molecule has 0 saturated heterocycles. The van der Waals surface area contributed by atoms with E-state index >= 15 is 0 Å². The van der Waals surface area contributed by atoms with Crippen molar-refractivity contribution in [1.82, 2.24) is 10.2 Å². The normalized spacial score (nSPS) is 23.7. The summed E-state index contributed by atoms with van der Waals surface area (Å²) in [6, 6.07) is 0.634. The fraction of sp³-hybridized carbons (Fsp3) is 0.929. The number of nitrogens with one attached hydrogen (secondary N) is 1. The molecule has 0 aliphatic heterocycles. The maximum Gasteiger partial charge on any atom is 0.168 e. The highest BCUT2D eigenvalue weighted by molar-refractivity contribution is 7.80. The van der Waals surface area contributed by atoms with Crippen molar-refractivity contribution in [3.05, 3.63) is 0 Å². The molecule has 0 spiro atoms. The Kier molecular flexibility index (Phi) is 7.59. The van der Waals surface area contributed by atoms with Gasteiger partial charge in [-0.25, -0.2) is 0 Å². The second kappa shape index (κ2) is 8.70. The number of hydrogen-bond acceptors (Lipinski definition) is 2. The van der Waals surface area contributed by atoms with E-state index in [1.54, 1.807) is 7.11 Å². The topological polar surface area (TPSA) is 24.5 Å². The van der Waals surface area contributed by atoms with Crippen LogP contribution in [0.2, 0.25) is 0 Å². The van der Waals surface area contributed by atoms with E-state index in [2.05, 4.69) is 24.2 Å². The average molecular weight is 272 g/mol. The number of rotatable bonds is 6. The van der Waals surface area contributed by atoms with E-state index in [9.17, 15) is 0 Å². The van der Waals surface area contributed by atoms with E-state index < -0.39 is 0 Å². The molecule has 0 heterocycles. The summed E-state index contributed by atoms with van der Waals surface area (Å²) in [6.07, 6.45) is 7.63. The molecule has 3 nitrogen and oxygen atoms in total. The Balaban J connectivity index is 2.22. The maximum atomic E-state index is 5.44. The van der Waals surface area contributed by atoms with Gasteiger partial charge >= 0.3 is 0 Å². The van der Waals surface area contributed by atoms with Crippen molar-refractivity contribution in [3.8, 4) is 0 Å². The number of nitrogens with zero attached hydrogens (tertiary/aromatic N) is 1. The molecule has 1 rings (SSSR count). The highest BCUT2D eigenvalue weighted by atomic mass is 32.1. The van der Waals surface area contributed by atoms with Crippen LogP contribution < -0.4 is 5.32 Å². The van der Waals surface area contributed by atoms with Crippen LogP contribution in [-0.2, 0) is 4.74 Å². The summed E-state index contributed by atoms with van der Waals surface area (Å²) in [5.74, 6) is 0.942. The van der Waals surface area contributed by atoms with E-state index in [-0.39, 0.29) is 0 Å². The van der Waals surface area contributed by atoms with Gasteiger partial charge in [0.15, 0.2) is 5.11 Å². The van der Waals surface area contributed by atoms with Gasteiger partial charge in [0.05, 0.1) is 0 Å². The Morgan fingerprint density at radius 1 is 1.33 bits per heavy atom. The molecule has 1 saturated carbocycles. The summed E-state index contributed by atoms with van der Waals surface area (Å²) >= 11 is 5.44. The molecule has 0 atom stereocenters. The summed E-state index contributed by atoms with van der Waals surface area (Å²) < 4.78 is 5.03. The molecule has 1 aliphatic carbocycles. The molecule has 0 aromatic carbocycles. The van der Waals surface area contributed by atoms with Gasteiger partial charge in [-0.3, -0.25) is 0 Å². The zero-order valence-corrected chi connectivity index (χ0v) is 12.9. The standard InChI is InChI=1S/C14H28N2OS/c1-4-12-6-8-13(9-7-12)16(2)14(18)15-10-5-11-17-3/h12-13H,4-11H2,1-3H3,(H,15,18). The molecule has 1 aliphatic rings. The van der Waals surface area contributed by atoms with Crippen molar-refractivity contribution < 1.29 is 4.74 Å². The van der Waals surface area contributed by atoms with Crippen molar-refractivity contribution in [2.24, 2.45) is 5.92 Å². The third-order valence-corrected chi connectivity index (χ3v) is 4.50. The quantitative estimate of drug-likeness (QED) is 0.593. The van der Waals surface area contributed by atoms with Gasteiger partial charge in [-0.15, -0.1) is 0 Å². The SMILES string of the molecule is CCC1CCC(N(C)C(=S)NCCCOC)CC1. The van der Waals surface area contributed by atoms with Gasteiger partial charge in [0, 0.05) is 33.4 Å². The molecule has 0 radical (unpaired) electrons. The minimum Gasteiger partial charge on any atom is -0.385 e.